The third kappa shape index (κ3) is 4.26. The topological polar surface area (TPSA) is 0 Å². The van der Waals surface area contributed by atoms with Gasteiger partial charge >= 0.3 is 0 Å². The van der Waals surface area contributed by atoms with Crippen LogP contribution in [0, 0.1) is 23.7 Å². The van der Waals surface area contributed by atoms with Crippen molar-refractivity contribution in [3.8, 4) is 0 Å². The van der Waals surface area contributed by atoms with Crippen molar-refractivity contribution >= 4 is 55.0 Å². The predicted octanol–water partition coefficient (Wildman–Crippen LogP) is 11.6. The SMILES string of the molecule is CC(C)c1c2c(c(C(C)C)c3cc4c(cc13)=C1C=CC3=c5c(C(C)C)c6ccc(C(C)(C)C)cc6c(C(C)C)c5=C5C=CC=4C1C35)C1=CC=CC3C=CC=C2C13. The number of rotatable bonds is 4. The van der Waals surface area contributed by atoms with E-state index in [0.717, 1.165) is 0 Å². The fraction of sp³-hybridized carbons (Fsp3) is 0.357. The van der Waals surface area contributed by atoms with Crippen LogP contribution in [0.25, 0.3) is 55.0 Å². The Labute approximate surface area is 333 Å². The molecule has 0 aliphatic heterocycles. The van der Waals surface area contributed by atoms with E-state index in [1.165, 1.54) is 54.3 Å². The maximum Gasteiger partial charge on any atom is 0.0212 e. The Bertz CT molecular complexity index is 3000. The second-order valence-corrected chi connectivity index (χ2v) is 20.2. The average Bonchev–Trinajstić information content (AvgIpc) is 3.77. The molecule has 56 heavy (non-hydrogen) atoms. The number of hydrogen-bond acceptors (Lipinski definition) is 0. The minimum atomic E-state index is 0.0969. The Morgan fingerprint density at radius 2 is 0.893 bits per heavy atom. The van der Waals surface area contributed by atoms with Gasteiger partial charge in [0, 0.05) is 23.7 Å². The Kier molecular flexibility index (Phi) is 7.08. The molecule has 0 saturated carbocycles. The molecule has 7 aliphatic carbocycles. The molecule has 4 atom stereocenters. The summed E-state index contributed by atoms with van der Waals surface area (Å²) in [7, 11) is 0. The molecule has 0 saturated heterocycles. The second-order valence-electron chi connectivity index (χ2n) is 20.2. The molecule has 0 heterocycles. The lowest BCUT2D eigenvalue weighted by Crippen LogP contribution is -2.34. The van der Waals surface area contributed by atoms with E-state index in [2.05, 4.69) is 167 Å². The predicted molar refractivity (Wildman–Crippen MR) is 242 cm³/mol. The van der Waals surface area contributed by atoms with Gasteiger partial charge in [-0.15, -0.1) is 0 Å². The monoisotopic (exact) mass is 728 g/mol. The Balaban J connectivity index is 1.26. The van der Waals surface area contributed by atoms with Crippen LogP contribution in [0.3, 0.4) is 0 Å². The third-order valence-corrected chi connectivity index (χ3v) is 14.7. The quantitative estimate of drug-likeness (QED) is 0.196. The van der Waals surface area contributed by atoms with Gasteiger partial charge in [0.05, 0.1) is 0 Å². The van der Waals surface area contributed by atoms with Crippen LogP contribution in [0.15, 0.2) is 91.1 Å². The van der Waals surface area contributed by atoms with E-state index in [9.17, 15) is 0 Å². The third-order valence-electron chi connectivity index (χ3n) is 14.7. The molecule has 0 spiro atoms. The molecule has 0 fully saturated rings. The minimum Gasteiger partial charge on any atom is -0.0767 e. The fourth-order valence-electron chi connectivity index (χ4n) is 12.6. The van der Waals surface area contributed by atoms with Crippen LogP contribution < -0.4 is 20.9 Å². The molecule has 280 valence electrons. The molecular weight excluding hydrogens is 673 g/mol. The van der Waals surface area contributed by atoms with E-state index in [1.807, 2.05) is 0 Å². The summed E-state index contributed by atoms with van der Waals surface area (Å²) in [5, 5.41) is 11.9. The number of allylic oxidation sites excluding steroid dienone is 12. The van der Waals surface area contributed by atoms with Crippen molar-refractivity contribution in [3.05, 3.63) is 151 Å². The molecule has 0 amide bonds. The Morgan fingerprint density at radius 1 is 0.464 bits per heavy atom. The van der Waals surface area contributed by atoms with Crippen LogP contribution in [-0.2, 0) is 5.41 Å². The summed E-state index contributed by atoms with van der Waals surface area (Å²) in [6.07, 6.45) is 24.6. The van der Waals surface area contributed by atoms with Crippen molar-refractivity contribution in [3.63, 3.8) is 0 Å². The molecule has 4 aromatic carbocycles. The Hall–Kier alpha value is -4.68. The average molecular weight is 729 g/mol. The molecule has 4 aromatic rings. The highest BCUT2D eigenvalue weighted by Crippen LogP contribution is 2.58. The molecule has 0 N–H and O–H groups in total. The highest BCUT2D eigenvalue weighted by molar-refractivity contribution is 6.09. The maximum atomic E-state index is 2.66. The maximum absolute atomic E-state index is 2.66. The molecule has 0 aromatic heterocycles. The summed E-state index contributed by atoms with van der Waals surface area (Å²) in [5.41, 5.74) is 20.0. The van der Waals surface area contributed by atoms with Gasteiger partial charge in [0.1, 0.15) is 0 Å². The van der Waals surface area contributed by atoms with Crippen molar-refractivity contribution in [2.75, 3.05) is 0 Å². The van der Waals surface area contributed by atoms with Crippen molar-refractivity contribution in [1.29, 1.82) is 0 Å². The van der Waals surface area contributed by atoms with Gasteiger partial charge in [-0.2, -0.15) is 0 Å². The van der Waals surface area contributed by atoms with Gasteiger partial charge in [-0.25, -0.2) is 0 Å². The summed E-state index contributed by atoms with van der Waals surface area (Å²) in [4.78, 5) is 0. The first-order valence-corrected chi connectivity index (χ1v) is 21.7. The summed E-state index contributed by atoms with van der Waals surface area (Å²) in [6.45, 7) is 26.5. The van der Waals surface area contributed by atoms with Gasteiger partial charge in [0.25, 0.3) is 0 Å². The minimum absolute atomic E-state index is 0.0969. The summed E-state index contributed by atoms with van der Waals surface area (Å²) >= 11 is 0. The van der Waals surface area contributed by atoms with Gasteiger partial charge in [0.2, 0.25) is 0 Å². The summed E-state index contributed by atoms with van der Waals surface area (Å²) in [6, 6.07) is 12.7. The lowest BCUT2D eigenvalue weighted by molar-refractivity contribution is 0.591. The van der Waals surface area contributed by atoms with E-state index in [-0.39, 0.29) is 5.41 Å². The smallest absolute Gasteiger partial charge is 0.0212 e. The first kappa shape index (κ1) is 34.6. The van der Waals surface area contributed by atoms with E-state index in [4.69, 9.17) is 0 Å². The molecular formula is C56H56. The molecule has 0 radical (unpaired) electrons. The summed E-state index contributed by atoms with van der Waals surface area (Å²) < 4.78 is 0. The largest absolute Gasteiger partial charge is 0.0767 e. The fourth-order valence-corrected chi connectivity index (χ4v) is 12.6. The highest BCUT2D eigenvalue weighted by Gasteiger charge is 2.45. The van der Waals surface area contributed by atoms with Gasteiger partial charge in [0.15, 0.2) is 0 Å². The van der Waals surface area contributed by atoms with Crippen molar-refractivity contribution in [1.82, 2.24) is 0 Å². The second kappa shape index (κ2) is 11.5. The van der Waals surface area contributed by atoms with E-state index in [1.54, 1.807) is 60.5 Å². The van der Waals surface area contributed by atoms with Crippen LogP contribution >= 0.6 is 0 Å². The van der Waals surface area contributed by atoms with Gasteiger partial charge < -0.3 is 0 Å². The lowest BCUT2D eigenvalue weighted by atomic mass is 9.69. The van der Waals surface area contributed by atoms with Crippen molar-refractivity contribution < 1.29 is 0 Å². The molecule has 0 nitrogen and oxygen atoms in total. The normalized spacial score (nSPS) is 23.3. The van der Waals surface area contributed by atoms with Crippen molar-refractivity contribution in [2.45, 2.75) is 105 Å². The zero-order valence-corrected chi connectivity index (χ0v) is 35.3. The zero-order valence-electron chi connectivity index (χ0n) is 35.3. The van der Waals surface area contributed by atoms with Crippen LogP contribution in [0.4, 0.5) is 0 Å². The number of benzene rings is 4. The van der Waals surface area contributed by atoms with E-state index >= 15 is 0 Å². The van der Waals surface area contributed by atoms with Crippen molar-refractivity contribution in [2.24, 2.45) is 23.7 Å². The Morgan fingerprint density at radius 3 is 1.36 bits per heavy atom. The summed E-state index contributed by atoms with van der Waals surface area (Å²) in [5.74, 6) is 3.24. The number of hydrogen-bond donors (Lipinski definition) is 0. The molecule has 4 unspecified atom stereocenters. The van der Waals surface area contributed by atoms with Gasteiger partial charge in [-0.05, 0) is 156 Å². The molecule has 7 aliphatic rings. The first-order chi connectivity index (χ1) is 26.8. The molecule has 0 bridgehead atoms. The van der Waals surface area contributed by atoms with Crippen LogP contribution in [-0.4, -0.2) is 0 Å². The van der Waals surface area contributed by atoms with Gasteiger partial charge in [-0.3, -0.25) is 0 Å². The van der Waals surface area contributed by atoms with Gasteiger partial charge in [-0.1, -0.05) is 155 Å². The van der Waals surface area contributed by atoms with E-state index in [0.29, 0.717) is 47.3 Å². The molecule has 11 rings (SSSR count). The lowest BCUT2D eigenvalue weighted by Gasteiger charge is -2.33. The highest BCUT2D eigenvalue weighted by atomic mass is 14.5. The van der Waals surface area contributed by atoms with Crippen LogP contribution in [0.2, 0.25) is 0 Å². The first-order valence-electron chi connectivity index (χ1n) is 21.7. The molecule has 0 heteroatoms. The number of fused-ring (bicyclic) bond motifs is 7. The standard InChI is InChI=1S/C56H56/c1-27(2)45-35-19-18-32(56(9,10)11)24-42(35)46(28(3)4)55-39-23-21-34-41-26-44-43(25-40(41)33-20-22-38(54(45)55)51(39)50(33)34)47(29(5)6)52-36-16-12-14-31-15-13-17-37(49(31)36)53(52)48(44)30(7)8/h12-31,49-51H,1-11H3. The van der Waals surface area contributed by atoms with Crippen LogP contribution in [0.1, 0.15) is 139 Å². The van der Waals surface area contributed by atoms with Crippen LogP contribution in [0.5, 0.6) is 0 Å². The van der Waals surface area contributed by atoms with E-state index < -0.39 is 0 Å². The zero-order chi connectivity index (χ0) is 38.8.